The molecule has 1 saturated carbocycles. The minimum atomic E-state index is -0.791. The Bertz CT molecular complexity index is 761. The van der Waals surface area contributed by atoms with Crippen molar-refractivity contribution in [2.75, 3.05) is 5.32 Å². The number of para-hydroxylation sites is 1. The summed E-state index contributed by atoms with van der Waals surface area (Å²) < 4.78 is 0. The predicted octanol–water partition coefficient (Wildman–Crippen LogP) is 6.35. The summed E-state index contributed by atoms with van der Waals surface area (Å²) in [5.41, 5.74) is 0.824. The van der Waals surface area contributed by atoms with Crippen LogP contribution in [0.3, 0.4) is 0 Å². The largest absolute Gasteiger partial charge is 0.389 e. The van der Waals surface area contributed by atoms with Crippen LogP contribution in [-0.2, 0) is 6.42 Å². The van der Waals surface area contributed by atoms with Crippen LogP contribution in [0.1, 0.15) is 45.1 Å². The number of hydrogen-bond acceptors (Lipinski definition) is 2. The molecule has 2 unspecified atom stereocenters. The van der Waals surface area contributed by atoms with E-state index >= 15 is 0 Å². The molecule has 1 aliphatic rings. The molecule has 4 heteroatoms. The Kier molecular flexibility index (Phi) is 5.86. The van der Waals surface area contributed by atoms with Crippen LogP contribution in [0, 0.1) is 5.92 Å². The van der Waals surface area contributed by atoms with Gasteiger partial charge in [0.25, 0.3) is 0 Å². The number of anilines is 1. The number of aliphatic hydroxyl groups is 1. The predicted molar refractivity (Wildman–Crippen MR) is 111 cm³/mol. The third-order valence-electron chi connectivity index (χ3n) is 5.66. The highest BCUT2D eigenvalue weighted by Gasteiger charge is 2.47. The normalized spacial score (nSPS) is 23.7. The van der Waals surface area contributed by atoms with Gasteiger partial charge in [0.2, 0.25) is 0 Å². The lowest BCUT2D eigenvalue weighted by Crippen LogP contribution is -2.55. The van der Waals surface area contributed by atoms with Gasteiger partial charge in [-0.15, -0.1) is 0 Å². The molecule has 140 valence electrons. The Balaban J connectivity index is 1.87. The monoisotopic (exact) mass is 391 g/mol. The molecule has 0 bridgehead atoms. The van der Waals surface area contributed by atoms with E-state index in [1.54, 1.807) is 0 Å². The average molecular weight is 392 g/mol. The zero-order valence-electron chi connectivity index (χ0n) is 15.4. The lowest BCUT2D eigenvalue weighted by Gasteiger charge is -2.49. The zero-order chi connectivity index (χ0) is 18.8. The second-order valence-electron chi connectivity index (χ2n) is 8.00. The number of nitrogens with one attached hydrogen (secondary N) is 1. The summed E-state index contributed by atoms with van der Waals surface area (Å²) in [6.45, 7) is 4.31. The van der Waals surface area contributed by atoms with E-state index in [1.807, 2.05) is 48.5 Å². The summed E-state index contributed by atoms with van der Waals surface area (Å²) >= 11 is 12.7. The van der Waals surface area contributed by atoms with Crippen LogP contribution in [0.15, 0.2) is 48.5 Å². The van der Waals surface area contributed by atoms with Crippen molar-refractivity contribution in [1.82, 2.24) is 0 Å². The SMILES string of the molecule is CC(C)(Nc1ccccc1Cl)C1CCCCC1(O)Cc1ccccc1Cl. The first-order chi connectivity index (χ1) is 12.3. The lowest BCUT2D eigenvalue weighted by atomic mass is 9.64. The van der Waals surface area contributed by atoms with Gasteiger partial charge in [-0.3, -0.25) is 0 Å². The van der Waals surface area contributed by atoms with Crippen LogP contribution in [0.25, 0.3) is 0 Å². The van der Waals surface area contributed by atoms with Crippen LogP contribution in [0.2, 0.25) is 10.0 Å². The van der Waals surface area contributed by atoms with E-state index in [-0.39, 0.29) is 11.5 Å². The summed E-state index contributed by atoms with van der Waals surface area (Å²) in [6.07, 6.45) is 4.51. The van der Waals surface area contributed by atoms with Gasteiger partial charge in [-0.2, -0.15) is 0 Å². The molecule has 0 aromatic heterocycles. The molecule has 2 atom stereocenters. The molecule has 3 rings (SSSR count). The van der Waals surface area contributed by atoms with Crippen LogP contribution >= 0.6 is 23.2 Å². The number of rotatable bonds is 5. The second-order valence-corrected chi connectivity index (χ2v) is 8.81. The highest BCUT2D eigenvalue weighted by molar-refractivity contribution is 6.33. The molecule has 2 N–H and O–H groups in total. The minimum absolute atomic E-state index is 0.0938. The fraction of sp³-hybridized carbons (Fsp3) is 0.455. The third kappa shape index (κ3) is 4.19. The maximum atomic E-state index is 11.7. The first-order valence-electron chi connectivity index (χ1n) is 9.30. The van der Waals surface area contributed by atoms with Gasteiger partial charge in [0.05, 0.1) is 16.3 Å². The smallest absolute Gasteiger partial charge is 0.0738 e. The molecule has 0 heterocycles. The van der Waals surface area contributed by atoms with Gasteiger partial charge in [-0.1, -0.05) is 66.4 Å². The van der Waals surface area contributed by atoms with Crippen molar-refractivity contribution in [2.45, 2.75) is 57.1 Å². The molecular formula is C22H27Cl2NO. The van der Waals surface area contributed by atoms with Crippen LogP contribution in [-0.4, -0.2) is 16.2 Å². The van der Waals surface area contributed by atoms with Crippen molar-refractivity contribution in [1.29, 1.82) is 0 Å². The number of halogens is 2. The van der Waals surface area contributed by atoms with Crippen LogP contribution < -0.4 is 5.32 Å². The van der Waals surface area contributed by atoms with Crippen molar-refractivity contribution in [2.24, 2.45) is 5.92 Å². The molecule has 0 spiro atoms. The summed E-state index contributed by atoms with van der Waals surface area (Å²) in [4.78, 5) is 0. The molecular weight excluding hydrogens is 365 g/mol. The van der Waals surface area contributed by atoms with Crippen molar-refractivity contribution in [3.8, 4) is 0 Å². The summed E-state index contributed by atoms with van der Waals surface area (Å²) in [5, 5.41) is 16.7. The summed E-state index contributed by atoms with van der Waals surface area (Å²) in [5.74, 6) is 0.0938. The molecule has 0 amide bonds. The zero-order valence-corrected chi connectivity index (χ0v) is 16.9. The van der Waals surface area contributed by atoms with Crippen LogP contribution in [0.4, 0.5) is 5.69 Å². The Labute approximate surface area is 166 Å². The molecule has 1 fully saturated rings. The van der Waals surface area contributed by atoms with Crippen molar-refractivity contribution in [3.63, 3.8) is 0 Å². The van der Waals surface area contributed by atoms with E-state index in [0.29, 0.717) is 11.4 Å². The molecule has 0 radical (unpaired) electrons. The molecule has 2 aromatic carbocycles. The molecule has 0 aliphatic heterocycles. The first-order valence-corrected chi connectivity index (χ1v) is 10.1. The summed E-state index contributed by atoms with van der Waals surface area (Å²) in [6, 6.07) is 15.6. The first kappa shape index (κ1) is 19.5. The van der Waals surface area contributed by atoms with Gasteiger partial charge in [-0.25, -0.2) is 0 Å². The fourth-order valence-electron chi connectivity index (χ4n) is 4.43. The second kappa shape index (κ2) is 7.80. The average Bonchev–Trinajstić information content (AvgIpc) is 2.59. The van der Waals surface area contributed by atoms with Gasteiger partial charge < -0.3 is 10.4 Å². The highest BCUT2D eigenvalue weighted by Crippen LogP contribution is 2.44. The fourth-order valence-corrected chi connectivity index (χ4v) is 4.82. The maximum absolute atomic E-state index is 11.7. The van der Waals surface area contributed by atoms with E-state index in [2.05, 4.69) is 19.2 Å². The van der Waals surface area contributed by atoms with Gasteiger partial charge in [0.1, 0.15) is 0 Å². The maximum Gasteiger partial charge on any atom is 0.0738 e. The molecule has 0 saturated heterocycles. The van der Waals surface area contributed by atoms with Gasteiger partial charge in [-0.05, 0) is 50.5 Å². The standard InChI is InChI=1S/C22H27Cl2NO/c1-21(2,25-19-12-6-5-11-18(19)24)20-13-7-8-14-22(20,26)15-16-9-3-4-10-17(16)23/h3-6,9-12,20,25-26H,7-8,13-15H2,1-2H3. The molecule has 2 aromatic rings. The van der Waals surface area contributed by atoms with Gasteiger partial charge in [0, 0.05) is 22.9 Å². The van der Waals surface area contributed by atoms with Crippen molar-refractivity contribution < 1.29 is 5.11 Å². The van der Waals surface area contributed by atoms with Crippen molar-refractivity contribution in [3.05, 3.63) is 64.1 Å². The van der Waals surface area contributed by atoms with Gasteiger partial charge >= 0.3 is 0 Å². The summed E-state index contributed by atoms with van der Waals surface area (Å²) in [7, 11) is 0. The van der Waals surface area contributed by atoms with Crippen molar-refractivity contribution >= 4 is 28.9 Å². The Morgan fingerprint density at radius 1 is 1.04 bits per heavy atom. The molecule has 1 aliphatic carbocycles. The minimum Gasteiger partial charge on any atom is -0.389 e. The van der Waals surface area contributed by atoms with Crippen LogP contribution in [0.5, 0.6) is 0 Å². The Hall–Kier alpha value is -1.22. The van der Waals surface area contributed by atoms with E-state index in [9.17, 15) is 5.11 Å². The highest BCUT2D eigenvalue weighted by atomic mass is 35.5. The topological polar surface area (TPSA) is 32.3 Å². The number of hydrogen-bond donors (Lipinski definition) is 2. The molecule has 2 nitrogen and oxygen atoms in total. The van der Waals surface area contributed by atoms with E-state index in [4.69, 9.17) is 23.2 Å². The number of benzene rings is 2. The lowest BCUT2D eigenvalue weighted by molar-refractivity contribution is -0.0679. The molecule has 26 heavy (non-hydrogen) atoms. The Morgan fingerprint density at radius 2 is 1.69 bits per heavy atom. The Morgan fingerprint density at radius 3 is 2.38 bits per heavy atom. The quantitative estimate of drug-likeness (QED) is 0.622. The third-order valence-corrected chi connectivity index (χ3v) is 6.36. The van der Waals surface area contributed by atoms with E-state index < -0.39 is 5.60 Å². The van der Waals surface area contributed by atoms with Gasteiger partial charge in [0.15, 0.2) is 0 Å². The van der Waals surface area contributed by atoms with E-state index in [1.165, 1.54) is 0 Å². The van der Waals surface area contributed by atoms with E-state index in [0.717, 1.165) is 42.0 Å².